The number of hydrogen-bond donors (Lipinski definition) is 3. The number of nitrogens with two attached hydrogens (primary N) is 1. The van der Waals surface area contributed by atoms with Crippen molar-refractivity contribution in [3.63, 3.8) is 0 Å². The van der Waals surface area contributed by atoms with E-state index in [4.69, 9.17) is 15.9 Å². The molecule has 4 N–H and O–H groups in total. The second kappa shape index (κ2) is 19.8. The molecule has 7 heteroatoms. The van der Waals surface area contributed by atoms with Crippen LogP contribution in [0, 0.1) is 0 Å². The summed E-state index contributed by atoms with van der Waals surface area (Å²) in [5.41, 5.74) is 7.18. The van der Waals surface area contributed by atoms with Crippen LogP contribution in [0.4, 0.5) is 0 Å². The first-order valence-corrected chi connectivity index (χ1v) is 11.6. The van der Waals surface area contributed by atoms with Gasteiger partial charge < -0.3 is 15.9 Å². The Bertz CT molecular complexity index is 972. The number of aromatic hydroxyl groups is 2. The van der Waals surface area contributed by atoms with Gasteiger partial charge in [0.25, 0.3) is 0 Å². The van der Waals surface area contributed by atoms with Crippen molar-refractivity contribution in [1.82, 2.24) is 0 Å². The molecule has 186 valence electrons. The van der Waals surface area contributed by atoms with Crippen molar-refractivity contribution in [2.45, 2.75) is 40.7 Å². The predicted molar refractivity (Wildman–Crippen MR) is 151 cm³/mol. The lowest BCUT2D eigenvalue weighted by molar-refractivity contribution is 0.112. The Balaban J connectivity index is 0. The first kappa shape index (κ1) is 33.5. The largest absolute Gasteiger partial charge is 0.508 e. The van der Waals surface area contributed by atoms with E-state index in [-0.39, 0.29) is 33.0 Å². The molecule has 0 fully saturated rings. The van der Waals surface area contributed by atoms with Crippen LogP contribution < -0.4 is 5.73 Å². The third kappa shape index (κ3) is 13.8. The number of phenols is 2. The van der Waals surface area contributed by atoms with Gasteiger partial charge in [-0.3, -0.25) is 4.79 Å². The van der Waals surface area contributed by atoms with E-state index in [1.807, 2.05) is 41.0 Å². The lowest BCUT2D eigenvalue weighted by Gasteiger charge is -2.00. The van der Waals surface area contributed by atoms with E-state index in [1.54, 1.807) is 35.6 Å². The van der Waals surface area contributed by atoms with Crippen molar-refractivity contribution >= 4 is 41.4 Å². The van der Waals surface area contributed by atoms with Crippen LogP contribution in [0.15, 0.2) is 83.6 Å². The highest BCUT2D eigenvalue weighted by atomic mass is 35.5. The summed E-state index contributed by atoms with van der Waals surface area (Å²) < 4.78 is 0. The maximum atomic E-state index is 10.0. The average Bonchev–Trinajstić information content (AvgIpc) is 3.51. The van der Waals surface area contributed by atoms with Crippen LogP contribution >= 0.6 is 35.1 Å². The van der Waals surface area contributed by atoms with E-state index in [9.17, 15) is 4.79 Å². The molecule has 4 rings (SSSR count). The Morgan fingerprint density at radius 1 is 0.735 bits per heavy atom. The molecule has 4 nitrogen and oxygen atoms in total. The minimum atomic E-state index is 0. The number of carbonyl (C=O) groups is 1. The lowest BCUT2D eigenvalue weighted by Crippen LogP contribution is -1.90. The Morgan fingerprint density at radius 3 is 1.65 bits per heavy atom. The maximum Gasteiger partial charge on any atom is 0.150 e. The molecule has 0 radical (unpaired) electrons. The van der Waals surface area contributed by atoms with E-state index in [1.165, 1.54) is 33.9 Å². The summed E-state index contributed by atoms with van der Waals surface area (Å²) in [6, 6.07) is 21.9. The van der Waals surface area contributed by atoms with Gasteiger partial charge in [-0.15, -0.1) is 35.1 Å². The van der Waals surface area contributed by atoms with Crippen molar-refractivity contribution < 1.29 is 15.0 Å². The number of aryl methyl sites for hydroxylation is 2. The zero-order valence-electron chi connectivity index (χ0n) is 17.6. The SMILES string of the molecule is C.C.Cl.NCc1cccs1.O=Cc1ccc(O)cc1.Oc1ccc(CCCc2cccs2)cc1. The molecule has 0 spiro atoms. The Labute approximate surface area is 218 Å². The molecule has 0 amide bonds. The molecule has 0 unspecified atom stereocenters. The number of carbonyl (C=O) groups excluding carboxylic acids is 1. The van der Waals surface area contributed by atoms with E-state index >= 15 is 0 Å². The molecule has 0 saturated carbocycles. The van der Waals surface area contributed by atoms with Gasteiger partial charge in [-0.05, 0) is 84.1 Å². The Morgan fingerprint density at radius 2 is 1.24 bits per heavy atom. The zero-order chi connectivity index (χ0) is 22.3. The molecule has 0 aliphatic rings. The van der Waals surface area contributed by atoms with Crippen LogP contribution in [0.3, 0.4) is 0 Å². The highest BCUT2D eigenvalue weighted by Gasteiger charge is 1.96. The summed E-state index contributed by atoms with van der Waals surface area (Å²) in [7, 11) is 0. The quantitative estimate of drug-likeness (QED) is 0.226. The van der Waals surface area contributed by atoms with Crippen LogP contribution in [0.1, 0.15) is 46.9 Å². The fraction of sp³-hybridized carbons (Fsp3) is 0.222. The smallest absolute Gasteiger partial charge is 0.150 e. The Hall–Kier alpha value is -2.64. The normalized spacial score (nSPS) is 8.85. The first-order valence-electron chi connectivity index (χ1n) is 9.87. The van der Waals surface area contributed by atoms with Gasteiger partial charge >= 0.3 is 0 Å². The fourth-order valence-corrected chi connectivity index (χ4v) is 3.90. The monoisotopic (exact) mass is 521 g/mol. The first-order chi connectivity index (χ1) is 15.1. The third-order valence-electron chi connectivity index (χ3n) is 4.22. The van der Waals surface area contributed by atoms with E-state index in [0.717, 1.165) is 19.1 Å². The zero-order valence-corrected chi connectivity index (χ0v) is 20.0. The Kier molecular flexibility index (Phi) is 19.5. The summed E-state index contributed by atoms with van der Waals surface area (Å²) in [6.07, 6.45) is 4.14. The number of aldehydes is 1. The second-order valence-electron chi connectivity index (χ2n) is 6.59. The second-order valence-corrected chi connectivity index (χ2v) is 8.66. The lowest BCUT2D eigenvalue weighted by atomic mass is 10.1. The van der Waals surface area contributed by atoms with Crippen LogP contribution in [0.5, 0.6) is 11.5 Å². The van der Waals surface area contributed by atoms with Crippen molar-refractivity contribution in [1.29, 1.82) is 0 Å². The molecule has 0 bridgehead atoms. The van der Waals surface area contributed by atoms with Crippen molar-refractivity contribution in [2.24, 2.45) is 5.73 Å². The van der Waals surface area contributed by atoms with Gasteiger partial charge in [0.2, 0.25) is 0 Å². The van der Waals surface area contributed by atoms with Crippen LogP contribution in [-0.4, -0.2) is 16.5 Å². The van der Waals surface area contributed by atoms with Gasteiger partial charge in [0.1, 0.15) is 17.8 Å². The number of thiophene rings is 2. The van der Waals surface area contributed by atoms with E-state index in [2.05, 4.69) is 17.5 Å². The number of phenolic OH excluding ortho intramolecular Hbond substituents is 2. The number of hydrogen-bond acceptors (Lipinski definition) is 6. The molecule has 0 atom stereocenters. The number of rotatable bonds is 6. The minimum Gasteiger partial charge on any atom is -0.508 e. The molecule has 2 heterocycles. The topological polar surface area (TPSA) is 83.6 Å². The van der Waals surface area contributed by atoms with Gasteiger partial charge in [0.15, 0.2) is 0 Å². The van der Waals surface area contributed by atoms with E-state index in [0.29, 0.717) is 17.9 Å². The van der Waals surface area contributed by atoms with E-state index < -0.39 is 0 Å². The highest BCUT2D eigenvalue weighted by Crippen LogP contribution is 2.15. The summed E-state index contributed by atoms with van der Waals surface area (Å²) in [4.78, 5) is 12.7. The number of halogens is 1. The summed E-state index contributed by atoms with van der Waals surface area (Å²) in [5.74, 6) is 0.526. The maximum absolute atomic E-state index is 10.0. The van der Waals surface area contributed by atoms with Gasteiger partial charge in [-0.1, -0.05) is 39.1 Å². The summed E-state index contributed by atoms with van der Waals surface area (Å²) in [5, 5.41) is 22.0. The third-order valence-corrected chi connectivity index (χ3v) is 6.05. The standard InChI is InChI=1S/C13H14OS.C7H6O2.C5H7NS.2CH4.ClH/c14-12-8-6-11(7-9-12)3-1-4-13-5-2-10-15-13;8-5-6-1-3-7(9)4-2-6;6-4-5-2-1-3-7-5;;;/h2,5-10,14H,1,3-4H2;1-5,9H;1-3H,4,6H2;2*1H4;1H. The fourth-order valence-electron chi connectivity index (χ4n) is 2.57. The van der Waals surface area contributed by atoms with Gasteiger partial charge in [0.05, 0.1) is 0 Å². The predicted octanol–water partition coefficient (Wildman–Crippen LogP) is 7.73. The molecule has 2 aromatic carbocycles. The number of benzene rings is 2. The highest BCUT2D eigenvalue weighted by molar-refractivity contribution is 7.10. The van der Waals surface area contributed by atoms with Crippen LogP contribution in [0.25, 0.3) is 0 Å². The average molecular weight is 522 g/mol. The van der Waals surface area contributed by atoms with Crippen molar-refractivity contribution in [2.75, 3.05) is 0 Å². The van der Waals surface area contributed by atoms with Gasteiger partial charge in [-0.25, -0.2) is 0 Å². The van der Waals surface area contributed by atoms with Crippen molar-refractivity contribution in [3.8, 4) is 11.5 Å². The molecule has 0 saturated heterocycles. The molecule has 2 aromatic heterocycles. The molecule has 0 aliphatic carbocycles. The molecule has 0 aliphatic heterocycles. The van der Waals surface area contributed by atoms with Gasteiger partial charge in [0, 0.05) is 21.9 Å². The van der Waals surface area contributed by atoms with Crippen LogP contribution in [0.2, 0.25) is 0 Å². The molecule has 34 heavy (non-hydrogen) atoms. The molecular weight excluding hydrogens is 486 g/mol. The van der Waals surface area contributed by atoms with Crippen LogP contribution in [-0.2, 0) is 19.4 Å². The molecular formula is C27H36ClNO3S2. The summed E-state index contributed by atoms with van der Waals surface area (Å²) >= 11 is 3.52. The van der Waals surface area contributed by atoms with Gasteiger partial charge in [-0.2, -0.15) is 0 Å². The minimum absolute atomic E-state index is 0. The summed E-state index contributed by atoms with van der Waals surface area (Å²) in [6.45, 7) is 0.678. The van der Waals surface area contributed by atoms with Crippen molar-refractivity contribution in [3.05, 3.63) is 104 Å². The molecule has 4 aromatic rings.